The van der Waals surface area contributed by atoms with Crippen LogP contribution >= 0.6 is 11.6 Å². The maximum absolute atomic E-state index is 13.1. The van der Waals surface area contributed by atoms with Crippen LogP contribution in [0, 0.1) is 0 Å². The Labute approximate surface area is 179 Å². The number of piperidine rings is 1. The first-order valence-electron chi connectivity index (χ1n) is 9.70. The van der Waals surface area contributed by atoms with Crippen molar-refractivity contribution in [1.29, 1.82) is 0 Å². The summed E-state index contributed by atoms with van der Waals surface area (Å²) in [6, 6.07) is 12.5. The smallest absolute Gasteiger partial charge is 0.254 e. The van der Waals surface area contributed by atoms with Gasteiger partial charge in [0, 0.05) is 29.2 Å². The SMILES string of the molecule is COc1ccc(C(=O)N2CCCC(c3nc(-c4ccc(Cl)cc4)no3)C2)cc1OC. The molecule has 0 bridgehead atoms. The van der Waals surface area contributed by atoms with Crippen LogP contribution < -0.4 is 9.47 Å². The third kappa shape index (κ3) is 4.11. The van der Waals surface area contributed by atoms with Crippen LogP contribution in [-0.2, 0) is 0 Å². The van der Waals surface area contributed by atoms with Crippen molar-refractivity contribution >= 4 is 17.5 Å². The number of ether oxygens (including phenoxy) is 2. The van der Waals surface area contributed by atoms with E-state index in [0.717, 1.165) is 18.4 Å². The van der Waals surface area contributed by atoms with Crippen LogP contribution in [0.3, 0.4) is 0 Å². The Bertz CT molecular complexity index is 1040. The molecular weight excluding hydrogens is 406 g/mol. The van der Waals surface area contributed by atoms with Crippen molar-refractivity contribution in [1.82, 2.24) is 15.0 Å². The second kappa shape index (κ2) is 8.75. The molecule has 0 spiro atoms. The molecule has 30 heavy (non-hydrogen) atoms. The van der Waals surface area contributed by atoms with Gasteiger partial charge in [-0.25, -0.2) is 0 Å². The van der Waals surface area contributed by atoms with E-state index in [0.29, 0.717) is 46.9 Å². The minimum atomic E-state index is -0.0573. The highest BCUT2D eigenvalue weighted by Gasteiger charge is 2.29. The second-order valence-corrected chi connectivity index (χ2v) is 7.56. The first-order valence-corrected chi connectivity index (χ1v) is 10.1. The van der Waals surface area contributed by atoms with Crippen LogP contribution in [0.25, 0.3) is 11.4 Å². The predicted molar refractivity (Wildman–Crippen MR) is 112 cm³/mol. The fourth-order valence-electron chi connectivity index (χ4n) is 3.63. The number of halogens is 1. The van der Waals surface area contributed by atoms with Gasteiger partial charge in [-0.2, -0.15) is 4.98 Å². The number of likely N-dealkylation sites (tertiary alicyclic amines) is 1. The molecule has 8 heteroatoms. The monoisotopic (exact) mass is 427 g/mol. The van der Waals surface area contributed by atoms with Gasteiger partial charge in [-0.15, -0.1) is 0 Å². The summed E-state index contributed by atoms with van der Waals surface area (Å²) in [5.41, 5.74) is 1.39. The summed E-state index contributed by atoms with van der Waals surface area (Å²) >= 11 is 5.94. The summed E-state index contributed by atoms with van der Waals surface area (Å²) in [7, 11) is 3.12. The third-order valence-electron chi connectivity index (χ3n) is 5.23. The van der Waals surface area contributed by atoms with Gasteiger partial charge in [-0.3, -0.25) is 4.79 Å². The molecule has 3 aromatic rings. The molecule has 1 atom stereocenters. The molecule has 7 nitrogen and oxygen atoms in total. The van der Waals surface area contributed by atoms with Crippen LogP contribution in [-0.4, -0.2) is 48.3 Å². The van der Waals surface area contributed by atoms with Gasteiger partial charge >= 0.3 is 0 Å². The van der Waals surface area contributed by atoms with Gasteiger partial charge in [0.25, 0.3) is 5.91 Å². The third-order valence-corrected chi connectivity index (χ3v) is 5.48. The molecule has 1 aliphatic heterocycles. The van der Waals surface area contributed by atoms with Gasteiger partial charge in [-0.05, 0) is 55.3 Å². The normalized spacial score (nSPS) is 16.4. The standard InChI is InChI=1S/C22H22ClN3O4/c1-28-18-10-7-15(12-19(18)29-2)22(27)26-11-3-4-16(13-26)21-24-20(25-30-21)14-5-8-17(23)9-6-14/h5-10,12,16H,3-4,11,13H2,1-2H3. The van der Waals surface area contributed by atoms with E-state index in [2.05, 4.69) is 10.1 Å². The van der Waals surface area contributed by atoms with Gasteiger partial charge in [-0.1, -0.05) is 16.8 Å². The molecule has 1 fully saturated rings. The molecule has 1 amide bonds. The highest BCUT2D eigenvalue weighted by molar-refractivity contribution is 6.30. The summed E-state index contributed by atoms with van der Waals surface area (Å²) in [6.45, 7) is 1.21. The quantitative estimate of drug-likeness (QED) is 0.599. The number of methoxy groups -OCH3 is 2. The lowest BCUT2D eigenvalue weighted by molar-refractivity contribution is 0.0695. The van der Waals surface area contributed by atoms with Gasteiger partial charge < -0.3 is 18.9 Å². The maximum Gasteiger partial charge on any atom is 0.254 e. The fraction of sp³-hybridized carbons (Fsp3) is 0.318. The van der Waals surface area contributed by atoms with Crippen molar-refractivity contribution in [3.8, 4) is 22.9 Å². The molecule has 0 saturated carbocycles. The zero-order chi connectivity index (χ0) is 21.1. The number of hydrogen-bond acceptors (Lipinski definition) is 6. The van der Waals surface area contributed by atoms with E-state index >= 15 is 0 Å². The minimum Gasteiger partial charge on any atom is -0.493 e. The lowest BCUT2D eigenvalue weighted by Gasteiger charge is -2.31. The van der Waals surface area contributed by atoms with Crippen molar-refractivity contribution in [2.45, 2.75) is 18.8 Å². The molecular formula is C22H22ClN3O4. The van der Waals surface area contributed by atoms with Crippen LogP contribution in [0.15, 0.2) is 47.0 Å². The summed E-state index contributed by atoms with van der Waals surface area (Å²) in [5, 5.41) is 4.75. The Hall–Kier alpha value is -3.06. The molecule has 0 radical (unpaired) electrons. The molecule has 1 aliphatic rings. The van der Waals surface area contributed by atoms with E-state index < -0.39 is 0 Å². The zero-order valence-electron chi connectivity index (χ0n) is 16.8. The summed E-state index contributed by atoms with van der Waals surface area (Å²) in [5.74, 6) is 2.12. The molecule has 2 heterocycles. The minimum absolute atomic E-state index is 0.00334. The largest absolute Gasteiger partial charge is 0.493 e. The molecule has 0 aliphatic carbocycles. The Balaban J connectivity index is 1.49. The van der Waals surface area contributed by atoms with E-state index in [1.165, 1.54) is 0 Å². The van der Waals surface area contributed by atoms with Crippen LogP contribution in [0.5, 0.6) is 11.5 Å². The summed E-state index contributed by atoms with van der Waals surface area (Å²) < 4.78 is 16.1. The second-order valence-electron chi connectivity index (χ2n) is 7.12. The molecule has 156 valence electrons. The fourth-order valence-corrected chi connectivity index (χ4v) is 3.76. The lowest BCUT2D eigenvalue weighted by Crippen LogP contribution is -2.39. The van der Waals surface area contributed by atoms with Crippen LogP contribution in [0.1, 0.15) is 35.0 Å². The topological polar surface area (TPSA) is 77.7 Å². The Morgan fingerprint density at radius 2 is 1.90 bits per heavy atom. The van der Waals surface area contributed by atoms with E-state index in [9.17, 15) is 4.79 Å². The first kappa shape index (κ1) is 20.2. The van der Waals surface area contributed by atoms with Gasteiger partial charge in [0.15, 0.2) is 11.5 Å². The van der Waals surface area contributed by atoms with Crippen molar-refractivity contribution in [2.24, 2.45) is 0 Å². The van der Waals surface area contributed by atoms with Crippen LogP contribution in [0.4, 0.5) is 0 Å². The van der Waals surface area contributed by atoms with Crippen molar-refractivity contribution < 1.29 is 18.8 Å². The van der Waals surface area contributed by atoms with Crippen molar-refractivity contribution in [3.05, 3.63) is 58.9 Å². The molecule has 4 rings (SSSR count). The summed E-state index contributed by atoms with van der Waals surface area (Å²) in [4.78, 5) is 19.4. The first-order chi connectivity index (χ1) is 14.6. The molecule has 1 saturated heterocycles. The Kier molecular flexibility index (Phi) is 5.90. The molecule has 1 aromatic heterocycles. The Morgan fingerprint density at radius 3 is 2.63 bits per heavy atom. The number of nitrogens with zero attached hydrogens (tertiary/aromatic N) is 3. The van der Waals surface area contributed by atoms with Gasteiger partial charge in [0.1, 0.15) is 0 Å². The number of amides is 1. The predicted octanol–water partition coefficient (Wildman–Crippen LogP) is 4.43. The van der Waals surface area contributed by atoms with E-state index in [1.807, 2.05) is 17.0 Å². The average molecular weight is 428 g/mol. The number of carbonyl (C=O) groups excluding carboxylic acids is 1. The highest BCUT2D eigenvalue weighted by Crippen LogP contribution is 2.31. The number of rotatable bonds is 5. The number of hydrogen-bond donors (Lipinski definition) is 0. The number of carbonyl (C=O) groups is 1. The lowest BCUT2D eigenvalue weighted by atomic mass is 9.97. The van der Waals surface area contributed by atoms with Gasteiger partial charge in [0.05, 0.1) is 20.1 Å². The zero-order valence-corrected chi connectivity index (χ0v) is 17.6. The van der Waals surface area contributed by atoms with Gasteiger partial charge in [0.2, 0.25) is 11.7 Å². The van der Waals surface area contributed by atoms with E-state index in [1.54, 1.807) is 44.6 Å². The van der Waals surface area contributed by atoms with Crippen LogP contribution in [0.2, 0.25) is 5.02 Å². The molecule has 2 aromatic carbocycles. The summed E-state index contributed by atoms with van der Waals surface area (Å²) in [6.07, 6.45) is 1.75. The van der Waals surface area contributed by atoms with Crippen molar-refractivity contribution in [2.75, 3.05) is 27.3 Å². The van der Waals surface area contributed by atoms with Crippen molar-refractivity contribution in [3.63, 3.8) is 0 Å². The number of aromatic nitrogens is 2. The van der Waals surface area contributed by atoms with E-state index in [-0.39, 0.29) is 11.8 Å². The number of benzene rings is 2. The highest BCUT2D eigenvalue weighted by atomic mass is 35.5. The average Bonchev–Trinajstić information content (AvgIpc) is 3.29. The molecule has 1 unspecified atom stereocenters. The maximum atomic E-state index is 13.1. The Morgan fingerprint density at radius 1 is 1.13 bits per heavy atom. The molecule has 0 N–H and O–H groups in total. The van der Waals surface area contributed by atoms with E-state index in [4.69, 9.17) is 25.6 Å².